The summed E-state index contributed by atoms with van der Waals surface area (Å²) in [6.07, 6.45) is 3.84. The van der Waals surface area contributed by atoms with Gasteiger partial charge >= 0.3 is 0 Å². The van der Waals surface area contributed by atoms with Gasteiger partial charge in [-0.1, -0.05) is 19.0 Å². The Morgan fingerprint density at radius 3 is 2.71 bits per heavy atom. The number of methoxy groups -OCH3 is 1. The molecular formula is C18H28N2O4. The minimum Gasteiger partial charge on any atom is -0.378 e. The minimum atomic E-state index is -0.228. The van der Waals surface area contributed by atoms with Crippen LogP contribution < -0.4 is 0 Å². The average molecular weight is 336 g/mol. The SMILES string of the molecule is CO[C@H]1CCCOC12CCN(C(=O)c1c(C(C)C)noc1C)CC2. The van der Waals surface area contributed by atoms with Crippen LogP contribution in [0.2, 0.25) is 0 Å². The van der Waals surface area contributed by atoms with Crippen LogP contribution in [0.25, 0.3) is 0 Å². The van der Waals surface area contributed by atoms with Crippen molar-refractivity contribution in [1.82, 2.24) is 10.1 Å². The largest absolute Gasteiger partial charge is 0.378 e. The van der Waals surface area contributed by atoms with Gasteiger partial charge < -0.3 is 18.9 Å². The van der Waals surface area contributed by atoms with Gasteiger partial charge in [-0.25, -0.2) is 0 Å². The van der Waals surface area contributed by atoms with Crippen LogP contribution in [0.3, 0.4) is 0 Å². The second-order valence-electron chi connectivity index (χ2n) is 7.23. The number of amides is 1. The van der Waals surface area contributed by atoms with Crippen molar-refractivity contribution in [3.05, 3.63) is 17.0 Å². The fourth-order valence-electron chi connectivity index (χ4n) is 3.99. The molecule has 2 saturated heterocycles. The van der Waals surface area contributed by atoms with Gasteiger partial charge in [0.2, 0.25) is 0 Å². The van der Waals surface area contributed by atoms with E-state index in [0.717, 1.165) is 38.0 Å². The van der Waals surface area contributed by atoms with Crippen molar-refractivity contribution >= 4 is 5.91 Å². The van der Waals surface area contributed by atoms with E-state index in [2.05, 4.69) is 5.16 Å². The van der Waals surface area contributed by atoms with Crippen molar-refractivity contribution in [2.75, 3.05) is 26.8 Å². The molecule has 1 amide bonds. The van der Waals surface area contributed by atoms with Crippen LogP contribution in [0, 0.1) is 6.92 Å². The van der Waals surface area contributed by atoms with Crippen molar-refractivity contribution in [1.29, 1.82) is 0 Å². The van der Waals surface area contributed by atoms with Crippen LogP contribution in [0.5, 0.6) is 0 Å². The van der Waals surface area contributed by atoms with Crippen molar-refractivity contribution in [3.63, 3.8) is 0 Å². The molecule has 2 fully saturated rings. The number of piperidine rings is 1. The Morgan fingerprint density at radius 2 is 2.08 bits per heavy atom. The van der Waals surface area contributed by atoms with E-state index in [1.54, 1.807) is 7.11 Å². The van der Waals surface area contributed by atoms with E-state index < -0.39 is 0 Å². The van der Waals surface area contributed by atoms with Crippen LogP contribution in [0.4, 0.5) is 0 Å². The first-order valence-electron chi connectivity index (χ1n) is 8.90. The minimum absolute atomic E-state index is 0.0251. The number of ether oxygens (including phenoxy) is 2. The highest BCUT2D eigenvalue weighted by Crippen LogP contribution is 2.37. The summed E-state index contributed by atoms with van der Waals surface area (Å²) in [6, 6.07) is 0. The van der Waals surface area contributed by atoms with Crippen LogP contribution in [0.15, 0.2) is 4.52 Å². The Balaban J connectivity index is 1.73. The molecule has 0 radical (unpaired) electrons. The highest BCUT2D eigenvalue weighted by molar-refractivity contribution is 5.96. The number of hydrogen-bond acceptors (Lipinski definition) is 5. The van der Waals surface area contributed by atoms with E-state index >= 15 is 0 Å². The molecule has 2 aliphatic rings. The molecule has 6 nitrogen and oxygen atoms in total. The topological polar surface area (TPSA) is 64.8 Å². The van der Waals surface area contributed by atoms with Gasteiger partial charge in [-0.2, -0.15) is 0 Å². The van der Waals surface area contributed by atoms with E-state index in [1.807, 2.05) is 25.7 Å². The first kappa shape index (κ1) is 17.4. The number of carbonyl (C=O) groups is 1. The number of hydrogen-bond donors (Lipinski definition) is 0. The number of carbonyl (C=O) groups excluding carboxylic acids is 1. The van der Waals surface area contributed by atoms with Crippen molar-refractivity contribution in [2.45, 2.75) is 64.1 Å². The van der Waals surface area contributed by atoms with Gasteiger partial charge in [0, 0.05) is 26.8 Å². The Kier molecular flexibility index (Phi) is 4.97. The molecule has 0 N–H and O–H groups in total. The molecule has 1 aromatic heterocycles. The smallest absolute Gasteiger partial charge is 0.259 e. The summed E-state index contributed by atoms with van der Waals surface area (Å²) in [5.41, 5.74) is 1.16. The van der Waals surface area contributed by atoms with E-state index in [4.69, 9.17) is 14.0 Å². The van der Waals surface area contributed by atoms with Crippen LogP contribution >= 0.6 is 0 Å². The Morgan fingerprint density at radius 1 is 1.38 bits per heavy atom. The molecule has 134 valence electrons. The molecule has 0 aliphatic carbocycles. The molecule has 1 spiro atoms. The number of aryl methyl sites for hydroxylation is 1. The Hall–Kier alpha value is -1.40. The monoisotopic (exact) mass is 336 g/mol. The van der Waals surface area contributed by atoms with Gasteiger partial charge in [0.05, 0.1) is 17.4 Å². The molecule has 0 aromatic carbocycles. The molecule has 24 heavy (non-hydrogen) atoms. The molecule has 0 saturated carbocycles. The third kappa shape index (κ3) is 2.97. The van der Waals surface area contributed by atoms with Gasteiger partial charge in [0.25, 0.3) is 5.91 Å². The van der Waals surface area contributed by atoms with Crippen molar-refractivity contribution in [2.24, 2.45) is 0 Å². The molecule has 1 aromatic rings. The van der Waals surface area contributed by atoms with Crippen LogP contribution in [0.1, 0.15) is 67.3 Å². The fourth-order valence-corrected chi connectivity index (χ4v) is 3.99. The maximum Gasteiger partial charge on any atom is 0.259 e. The summed E-state index contributed by atoms with van der Waals surface area (Å²) < 4.78 is 17.1. The van der Waals surface area contributed by atoms with E-state index in [1.165, 1.54) is 0 Å². The third-order valence-corrected chi connectivity index (χ3v) is 5.42. The Labute approximate surface area is 143 Å². The zero-order valence-corrected chi connectivity index (χ0v) is 15.1. The maximum absolute atomic E-state index is 13.0. The molecule has 3 heterocycles. The van der Waals surface area contributed by atoms with Gasteiger partial charge in [-0.15, -0.1) is 0 Å². The van der Waals surface area contributed by atoms with Gasteiger partial charge in [-0.05, 0) is 38.5 Å². The first-order chi connectivity index (χ1) is 11.5. The van der Waals surface area contributed by atoms with Gasteiger partial charge in [-0.3, -0.25) is 4.79 Å². The predicted octanol–water partition coefficient (Wildman–Crippen LogP) is 2.91. The predicted molar refractivity (Wildman–Crippen MR) is 89.2 cm³/mol. The quantitative estimate of drug-likeness (QED) is 0.849. The van der Waals surface area contributed by atoms with E-state index in [-0.39, 0.29) is 23.5 Å². The fraction of sp³-hybridized carbons (Fsp3) is 0.778. The summed E-state index contributed by atoms with van der Waals surface area (Å²) in [7, 11) is 1.76. The standard InChI is InChI=1S/C18H28N2O4/c1-12(2)16-15(13(3)24-19-16)17(21)20-9-7-18(8-10-20)14(22-4)6-5-11-23-18/h12,14H,5-11H2,1-4H3/t14-/m0/s1. The van der Waals surface area contributed by atoms with Crippen LogP contribution in [-0.4, -0.2) is 54.5 Å². The molecular weight excluding hydrogens is 308 g/mol. The second-order valence-corrected chi connectivity index (χ2v) is 7.23. The molecule has 3 rings (SSSR count). The zero-order valence-electron chi connectivity index (χ0n) is 15.1. The summed E-state index contributed by atoms with van der Waals surface area (Å²) in [5, 5.41) is 4.07. The highest BCUT2D eigenvalue weighted by Gasteiger charge is 2.45. The normalized spacial score (nSPS) is 23.9. The highest BCUT2D eigenvalue weighted by atomic mass is 16.5. The molecule has 0 bridgehead atoms. The van der Waals surface area contributed by atoms with Gasteiger partial charge in [0.1, 0.15) is 11.3 Å². The lowest BCUT2D eigenvalue weighted by Gasteiger charge is -2.48. The number of aromatic nitrogens is 1. The van der Waals surface area contributed by atoms with Gasteiger partial charge in [0.15, 0.2) is 0 Å². The molecule has 2 aliphatic heterocycles. The number of nitrogens with zero attached hydrogens (tertiary/aromatic N) is 2. The zero-order chi connectivity index (χ0) is 17.3. The Bertz CT molecular complexity index is 588. The molecule has 6 heteroatoms. The second kappa shape index (κ2) is 6.84. The molecule has 1 atom stereocenters. The van der Waals surface area contributed by atoms with Crippen molar-refractivity contribution < 1.29 is 18.8 Å². The lowest BCUT2D eigenvalue weighted by molar-refractivity contribution is -0.183. The first-order valence-corrected chi connectivity index (χ1v) is 8.90. The number of likely N-dealkylation sites (tertiary alicyclic amines) is 1. The average Bonchev–Trinajstić information content (AvgIpc) is 2.97. The third-order valence-electron chi connectivity index (χ3n) is 5.42. The van der Waals surface area contributed by atoms with E-state index in [0.29, 0.717) is 24.4 Å². The van der Waals surface area contributed by atoms with Crippen molar-refractivity contribution in [3.8, 4) is 0 Å². The summed E-state index contributed by atoms with van der Waals surface area (Å²) in [6.45, 7) is 8.01. The number of rotatable bonds is 3. The summed E-state index contributed by atoms with van der Waals surface area (Å²) >= 11 is 0. The lowest BCUT2D eigenvalue weighted by atomic mass is 9.81. The maximum atomic E-state index is 13.0. The lowest BCUT2D eigenvalue weighted by Crippen LogP contribution is -2.56. The summed E-state index contributed by atoms with van der Waals surface area (Å²) in [4.78, 5) is 14.9. The summed E-state index contributed by atoms with van der Waals surface area (Å²) in [5.74, 6) is 0.793. The molecule has 0 unspecified atom stereocenters. The van der Waals surface area contributed by atoms with E-state index in [9.17, 15) is 4.79 Å². The van der Waals surface area contributed by atoms with Crippen LogP contribution in [-0.2, 0) is 9.47 Å².